The minimum atomic E-state index is 0.0825. The molecule has 1 atom stereocenters. The van der Waals surface area contributed by atoms with Gasteiger partial charge in [0, 0.05) is 30.4 Å². The van der Waals surface area contributed by atoms with Gasteiger partial charge in [0.15, 0.2) is 0 Å². The number of carbonyl (C=O) groups is 1. The van der Waals surface area contributed by atoms with Crippen LogP contribution in [0.4, 0.5) is 0 Å². The predicted molar refractivity (Wildman–Crippen MR) is 79.1 cm³/mol. The lowest BCUT2D eigenvalue weighted by Crippen LogP contribution is -2.37. The lowest BCUT2D eigenvalue weighted by Gasteiger charge is -2.23. The summed E-state index contributed by atoms with van der Waals surface area (Å²) in [5, 5.41) is 0.392. The van der Waals surface area contributed by atoms with Gasteiger partial charge in [0.2, 0.25) is 0 Å². The molecule has 20 heavy (non-hydrogen) atoms. The van der Waals surface area contributed by atoms with E-state index in [1.807, 2.05) is 17.9 Å². The first-order valence-electron chi connectivity index (χ1n) is 7.31. The number of nitrogens with zero attached hydrogens (tertiary/aromatic N) is 3. The third kappa shape index (κ3) is 2.81. The Balaban J connectivity index is 1.68. The second-order valence-corrected chi connectivity index (χ2v) is 6.14. The molecule has 2 fully saturated rings. The van der Waals surface area contributed by atoms with Crippen molar-refractivity contribution in [2.75, 3.05) is 26.2 Å². The predicted octanol–water partition coefficient (Wildman–Crippen LogP) is 2.35. The van der Waals surface area contributed by atoms with Gasteiger partial charge < -0.3 is 4.90 Å². The van der Waals surface area contributed by atoms with Crippen LogP contribution in [0.3, 0.4) is 0 Å². The summed E-state index contributed by atoms with van der Waals surface area (Å²) < 4.78 is 0. The summed E-state index contributed by atoms with van der Waals surface area (Å²) in [4.78, 5) is 21.1. The SMILES string of the molecule is Cc1cc(C(=O)N2CCC(N3CCCC3)C2)cc(Cl)n1. The number of pyridine rings is 1. The molecule has 4 nitrogen and oxygen atoms in total. The Hall–Kier alpha value is -1.13. The molecule has 0 saturated carbocycles. The highest BCUT2D eigenvalue weighted by Crippen LogP contribution is 2.22. The van der Waals surface area contributed by atoms with Crippen LogP contribution in [-0.4, -0.2) is 52.9 Å². The summed E-state index contributed by atoms with van der Waals surface area (Å²) in [6.07, 6.45) is 3.68. The van der Waals surface area contributed by atoms with Crippen molar-refractivity contribution in [1.82, 2.24) is 14.8 Å². The number of aryl methyl sites for hydroxylation is 1. The monoisotopic (exact) mass is 293 g/mol. The summed E-state index contributed by atoms with van der Waals surface area (Å²) in [6, 6.07) is 4.03. The number of aromatic nitrogens is 1. The zero-order valence-corrected chi connectivity index (χ0v) is 12.6. The lowest BCUT2D eigenvalue weighted by molar-refractivity contribution is 0.0780. The zero-order valence-electron chi connectivity index (χ0n) is 11.8. The van der Waals surface area contributed by atoms with Crippen molar-refractivity contribution >= 4 is 17.5 Å². The number of hydrogen-bond donors (Lipinski definition) is 0. The quantitative estimate of drug-likeness (QED) is 0.786. The molecule has 0 N–H and O–H groups in total. The second kappa shape index (κ2) is 5.70. The van der Waals surface area contributed by atoms with Crippen LogP contribution < -0.4 is 0 Å². The Morgan fingerprint density at radius 3 is 2.75 bits per heavy atom. The maximum Gasteiger partial charge on any atom is 0.254 e. The Morgan fingerprint density at radius 2 is 2.05 bits per heavy atom. The Bertz CT molecular complexity index is 494. The summed E-state index contributed by atoms with van der Waals surface area (Å²) in [6.45, 7) is 5.93. The molecule has 0 radical (unpaired) electrons. The van der Waals surface area contributed by atoms with E-state index in [1.54, 1.807) is 6.07 Å². The number of amides is 1. The molecule has 0 aromatic carbocycles. The topological polar surface area (TPSA) is 36.4 Å². The summed E-state index contributed by atoms with van der Waals surface area (Å²) in [5.41, 5.74) is 1.45. The highest BCUT2D eigenvalue weighted by Gasteiger charge is 2.32. The summed E-state index contributed by atoms with van der Waals surface area (Å²) in [5.74, 6) is 0.0825. The standard InChI is InChI=1S/C15H20ClN3O/c1-11-8-12(9-14(16)17-11)15(20)19-7-4-13(10-19)18-5-2-3-6-18/h8-9,13H,2-7,10H2,1H3. The molecule has 2 aliphatic rings. The van der Waals surface area contributed by atoms with E-state index in [-0.39, 0.29) is 5.91 Å². The van der Waals surface area contributed by atoms with Gasteiger partial charge in [-0.1, -0.05) is 11.6 Å². The second-order valence-electron chi connectivity index (χ2n) is 5.76. The number of hydrogen-bond acceptors (Lipinski definition) is 3. The van der Waals surface area contributed by atoms with Gasteiger partial charge >= 0.3 is 0 Å². The van der Waals surface area contributed by atoms with Gasteiger partial charge in [0.25, 0.3) is 5.91 Å². The largest absolute Gasteiger partial charge is 0.337 e. The lowest BCUT2D eigenvalue weighted by atomic mass is 10.2. The normalized spacial score (nSPS) is 23.5. The molecule has 108 valence electrons. The molecule has 1 unspecified atom stereocenters. The van der Waals surface area contributed by atoms with Gasteiger partial charge in [0.05, 0.1) is 0 Å². The zero-order chi connectivity index (χ0) is 14.1. The Labute approximate surface area is 124 Å². The van der Waals surface area contributed by atoms with Gasteiger partial charge in [-0.2, -0.15) is 0 Å². The molecule has 0 spiro atoms. The number of rotatable bonds is 2. The molecule has 0 bridgehead atoms. The Morgan fingerprint density at radius 1 is 1.30 bits per heavy atom. The minimum absolute atomic E-state index is 0.0825. The van der Waals surface area contributed by atoms with Gasteiger partial charge in [0.1, 0.15) is 5.15 Å². The van der Waals surface area contributed by atoms with Crippen LogP contribution in [0.15, 0.2) is 12.1 Å². The van der Waals surface area contributed by atoms with E-state index in [4.69, 9.17) is 11.6 Å². The van der Waals surface area contributed by atoms with E-state index in [9.17, 15) is 4.79 Å². The van der Waals surface area contributed by atoms with E-state index in [0.717, 1.165) is 25.2 Å². The molecule has 2 aliphatic heterocycles. The van der Waals surface area contributed by atoms with Gasteiger partial charge in [-0.15, -0.1) is 0 Å². The van der Waals surface area contributed by atoms with Crippen LogP contribution in [0.5, 0.6) is 0 Å². The Kier molecular flexibility index (Phi) is 3.94. The van der Waals surface area contributed by atoms with Crippen molar-refractivity contribution < 1.29 is 4.79 Å². The molecule has 3 rings (SSSR count). The fourth-order valence-corrected chi connectivity index (χ4v) is 3.52. The molecule has 2 saturated heterocycles. The first-order chi connectivity index (χ1) is 9.63. The van der Waals surface area contributed by atoms with E-state index >= 15 is 0 Å². The third-order valence-electron chi connectivity index (χ3n) is 4.28. The van der Waals surface area contributed by atoms with Crippen molar-refractivity contribution in [3.8, 4) is 0 Å². The van der Waals surface area contributed by atoms with Gasteiger partial charge in [-0.25, -0.2) is 4.98 Å². The van der Waals surface area contributed by atoms with Gasteiger partial charge in [-0.05, 0) is 51.4 Å². The number of likely N-dealkylation sites (tertiary alicyclic amines) is 2. The van der Waals surface area contributed by atoms with E-state index in [2.05, 4.69) is 9.88 Å². The summed E-state index contributed by atoms with van der Waals surface area (Å²) >= 11 is 5.94. The molecule has 5 heteroatoms. The number of carbonyl (C=O) groups excluding carboxylic acids is 1. The molecule has 1 amide bonds. The minimum Gasteiger partial charge on any atom is -0.337 e. The molecule has 1 aromatic rings. The molecular weight excluding hydrogens is 274 g/mol. The third-order valence-corrected chi connectivity index (χ3v) is 4.47. The maximum absolute atomic E-state index is 12.5. The van der Waals surface area contributed by atoms with Crippen molar-refractivity contribution in [2.24, 2.45) is 0 Å². The van der Waals surface area contributed by atoms with Crippen LogP contribution in [0.2, 0.25) is 5.15 Å². The first-order valence-corrected chi connectivity index (χ1v) is 7.69. The highest BCUT2D eigenvalue weighted by molar-refractivity contribution is 6.29. The van der Waals surface area contributed by atoms with Crippen LogP contribution in [-0.2, 0) is 0 Å². The molecular formula is C15H20ClN3O. The van der Waals surface area contributed by atoms with Crippen molar-refractivity contribution in [2.45, 2.75) is 32.2 Å². The fraction of sp³-hybridized carbons (Fsp3) is 0.600. The van der Waals surface area contributed by atoms with Crippen LogP contribution in [0.25, 0.3) is 0 Å². The smallest absolute Gasteiger partial charge is 0.254 e. The summed E-state index contributed by atoms with van der Waals surface area (Å²) in [7, 11) is 0. The molecule has 3 heterocycles. The van der Waals surface area contributed by atoms with Crippen molar-refractivity contribution in [3.05, 3.63) is 28.5 Å². The van der Waals surface area contributed by atoms with Crippen LogP contribution >= 0.6 is 11.6 Å². The molecule has 0 aliphatic carbocycles. The fourth-order valence-electron chi connectivity index (χ4n) is 3.27. The average Bonchev–Trinajstić information content (AvgIpc) is 3.07. The number of halogens is 1. The van der Waals surface area contributed by atoms with Gasteiger partial charge in [-0.3, -0.25) is 9.69 Å². The van der Waals surface area contributed by atoms with Crippen LogP contribution in [0.1, 0.15) is 35.3 Å². The highest BCUT2D eigenvalue weighted by atomic mass is 35.5. The van der Waals surface area contributed by atoms with E-state index < -0.39 is 0 Å². The maximum atomic E-state index is 12.5. The molecule has 1 aromatic heterocycles. The van der Waals surface area contributed by atoms with Crippen molar-refractivity contribution in [3.63, 3.8) is 0 Å². The van der Waals surface area contributed by atoms with E-state index in [0.29, 0.717) is 16.8 Å². The average molecular weight is 294 g/mol. The first kappa shape index (κ1) is 13.8. The van der Waals surface area contributed by atoms with Crippen molar-refractivity contribution in [1.29, 1.82) is 0 Å². The van der Waals surface area contributed by atoms with Crippen LogP contribution in [0, 0.1) is 6.92 Å². The van der Waals surface area contributed by atoms with E-state index in [1.165, 1.54) is 25.9 Å².